The summed E-state index contributed by atoms with van der Waals surface area (Å²) in [6.07, 6.45) is -3.02. The second-order valence-corrected chi connectivity index (χ2v) is 10.7. The van der Waals surface area contributed by atoms with Gasteiger partial charge in [-0.2, -0.15) is 30.0 Å². The fourth-order valence-corrected chi connectivity index (χ4v) is 6.11. The van der Waals surface area contributed by atoms with Gasteiger partial charge in [0, 0.05) is 21.5 Å². The van der Waals surface area contributed by atoms with Crippen LogP contribution < -0.4 is 10.7 Å². The summed E-state index contributed by atoms with van der Waals surface area (Å²) >= 11 is 0. The van der Waals surface area contributed by atoms with Crippen molar-refractivity contribution in [2.24, 2.45) is 10.1 Å². The Balaban J connectivity index is 1.50. The van der Waals surface area contributed by atoms with E-state index in [-0.39, 0.29) is 11.4 Å². The van der Waals surface area contributed by atoms with Crippen molar-refractivity contribution in [3.63, 3.8) is 0 Å². The molecule has 0 radical (unpaired) electrons. The molecule has 0 bridgehead atoms. The Labute approximate surface area is 251 Å². The van der Waals surface area contributed by atoms with Gasteiger partial charge in [0.15, 0.2) is 5.36 Å². The summed E-state index contributed by atoms with van der Waals surface area (Å²) < 4.78 is 68.1. The van der Waals surface area contributed by atoms with Gasteiger partial charge in [-0.05, 0) is 105 Å². The first-order valence-corrected chi connectivity index (χ1v) is 13.6. The van der Waals surface area contributed by atoms with Crippen molar-refractivity contribution in [3.8, 4) is 28.4 Å². The van der Waals surface area contributed by atoms with Crippen LogP contribution in [0.5, 0.6) is 0 Å². The predicted octanol–water partition coefficient (Wildman–Crippen LogP) is 9.23. The first-order chi connectivity index (χ1) is 21.6. The van der Waals surface area contributed by atoms with Crippen LogP contribution in [0, 0.1) is 36.6 Å². The lowest BCUT2D eigenvalue weighted by atomic mass is 10.00. The summed E-state index contributed by atoms with van der Waals surface area (Å²) in [6, 6.07) is 22.2. The molecular weight excluding hydrogens is 583 g/mol. The van der Waals surface area contributed by atoms with Gasteiger partial charge >= 0.3 is 6.18 Å². The Morgan fingerprint density at radius 1 is 0.622 bits per heavy atom. The molecule has 0 N–H and O–H groups in total. The molecule has 7 aromatic rings. The van der Waals surface area contributed by atoms with Crippen molar-refractivity contribution in [2.45, 2.75) is 13.1 Å². The third-order valence-electron chi connectivity index (χ3n) is 8.21. The van der Waals surface area contributed by atoms with Crippen LogP contribution in [-0.4, -0.2) is 0 Å². The molecule has 0 aromatic heterocycles. The quantitative estimate of drug-likeness (QED) is 0.0845. The second-order valence-electron chi connectivity index (χ2n) is 10.7. The van der Waals surface area contributed by atoms with Gasteiger partial charge in [-0.1, -0.05) is 36.4 Å². The van der Waals surface area contributed by atoms with E-state index in [1.54, 1.807) is 37.3 Å². The van der Waals surface area contributed by atoms with E-state index in [9.17, 15) is 27.2 Å². The van der Waals surface area contributed by atoms with Crippen molar-refractivity contribution in [3.05, 3.63) is 130 Å². The summed E-state index contributed by atoms with van der Waals surface area (Å²) in [5.74, 6) is -1.67. The monoisotopic (exact) mass is 600 g/mol. The molecule has 216 valence electrons. The zero-order chi connectivity index (χ0) is 31.6. The SMILES string of the molecule is [C-]#[N+]/N=c1\c2cc(-c3ccc(F)c(C)c3)ccc2c2cc3/c(=N/C#N)c4cc(-c5ccc(F)c(C(F)(F)F)c5)ccc4c3cc12. The van der Waals surface area contributed by atoms with Crippen molar-refractivity contribution in [1.29, 1.82) is 5.26 Å². The van der Waals surface area contributed by atoms with Crippen LogP contribution in [0.4, 0.5) is 22.0 Å². The van der Waals surface area contributed by atoms with Crippen LogP contribution in [0.3, 0.4) is 0 Å². The topological polar surface area (TPSA) is 52.9 Å². The minimum atomic E-state index is -4.86. The van der Waals surface area contributed by atoms with Crippen LogP contribution >= 0.6 is 0 Å². The highest BCUT2D eigenvalue weighted by Crippen LogP contribution is 2.37. The highest BCUT2D eigenvalue weighted by molar-refractivity contribution is 6.21. The summed E-state index contributed by atoms with van der Waals surface area (Å²) in [5, 5.41) is 20.2. The van der Waals surface area contributed by atoms with Gasteiger partial charge in [-0.25, -0.2) is 8.78 Å². The van der Waals surface area contributed by atoms with Gasteiger partial charge in [-0.15, -0.1) is 4.95 Å². The van der Waals surface area contributed by atoms with Gasteiger partial charge < -0.3 is 0 Å². The van der Waals surface area contributed by atoms with E-state index in [4.69, 9.17) is 6.57 Å². The Kier molecular flexibility index (Phi) is 6.24. The second kappa shape index (κ2) is 10.1. The fraction of sp³-hybridized carbons (Fsp3) is 0.0556. The molecule has 0 saturated heterocycles. The smallest absolute Gasteiger partial charge is 0.207 e. The summed E-state index contributed by atoms with van der Waals surface area (Å²) in [4.78, 5) is 7.41. The normalized spacial score (nSPS) is 12.9. The van der Waals surface area contributed by atoms with E-state index in [0.29, 0.717) is 43.4 Å². The average Bonchev–Trinajstić information content (AvgIpc) is 3.48. The molecule has 0 spiro atoms. The van der Waals surface area contributed by atoms with Crippen LogP contribution in [0.15, 0.2) is 95.0 Å². The predicted molar refractivity (Wildman–Crippen MR) is 163 cm³/mol. The highest BCUT2D eigenvalue weighted by atomic mass is 19.4. The zero-order valence-electron chi connectivity index (χ0n) is 23.3. The summed E-state index contributed by atoms with van der Waals surface area (Å²) in [5.41, 5.74) is 1.34. The minimum absolute atomic E-state index is 0.161. The van der Waals surface area contributed by atoms with E-state index in [0.717, 1.165) is 44.8 Å². The minimum Gasteiger partial charge on any atom is -0.207 e. The molecule has 0 aliphatic heterocycles. The molecule has 45 heavy (non-hydrogen) atoms. The van der Waals surface area contributed by atoms with Crippen LogP contribution in [0.1, 0.15) is 11.1 Å². The number of hydrogen-bond donors (Lipinski definition) is 0. The van der Waals surface area contributed by atoms with E-state index in [2.05, 4.69) is 15.0 Å². The number of rotatable bonds is 2. The summed E-state index contributed by atoms with van der Waals surface area (Å²) in [7, 11) is 0. The van der Waals surface area contributed by atoms with E-state index in [1.165, 1.54) is 12.1 Å². The molecule has 7 aromatic carbocycles. The van der Waals surface area contributed by atoms with Crippen molar-refractivity contribution in [1.82, 2.24) is 0 Å². The lowest BCUT2D eigenvalue weighted by Crippen LogP contribution is -2.08. The van der Waals surface area contributed by atoms with Crippen molar-refractivity contribution >= 4 is 43.1 Å². The maximum Gasteiger partial charge on any atom is 0.419 e. The Bertz CT molecular complexity index is 2590. The molecule has 0 fully saturated rings. The maximum absolute atomic E-state index is 14.0. The number of fused-ring (bicyclic) bond motifs is 6. The molecule has 9 heteroatoms. The van der Waals surface area contributed by atoms with E-state index >= 15 is 0 Å². The van der Waals surface area contributed by atoms with Gasteiger partial charge in [-0.3, -0.25) is 0 Å². The highest BCUT2D eigenvalue weighted by Gasteiger charge is 2.34. The first-order valence-electron chi connectivity index (χ1n) is 13.6. The Morgan fingerprint density at radius 3 is 1.67 bits per heavy atom. The maximum atomic E-state index is 14.0. The Hall–Kier alpha value is -5.93. The third kappa shape index (κ3) is 4.40. The summed E-state index contributed by atoms with van der Waals surface area (Å²) in [6.45, 7) is 9.19. The molecule has 0 aliphatic carbocycles. The molecule has 0 aliphatic rings. The number of aryl methyl sites for hydroxylation is 1. The molecule has 0 unspecified atom stereocenters. The van der Waals surface area contributed by atoms with Crippen molar-refractivity contribution < 1.29 is 22.0 Å². The molecule has 0 amide bonds. The molecule has 4 nitrogen and oxygen atoms in total. The van der Waals surface area contributed by atoms with Gasteiger partial charge in [0.2, 0.25) is 6.19 Å². The number of benzene rings is 5. The van der Waals surface area contributed by atoms with Gasteiger partial charge in [0.1, 0.15) is 11.6 Å². The molecule has 0 atom stereocenters. The number of alkyl halides is 3. The fourth-order valence-electron chi connectivity index (χ4n) is 6.11. The lowest BCUT2D eigenvalue weighted by molar-refractivity contribution is -0.139. The van der Waals surface area contributed by atoms with Crippen molar-refractivity contribution in [2.75, 3.05) is 0 Å². The van der Waals surface area contributed by atoms with Gasteiger partial charge in [0.05, 0.1) is 16.0 Å². The largest absolute Gasteiger partial charge is 0.419 e. The number of hydrogen-bond acceptors (Lipinski definition) is 3. The number of nitriles is 1. The van der Waals surface area contributed by atoms with Crippen LogP contribution in [0.2, 0.25) is 0 Å². The standard InChI is InChI=1S/C36H17F5N4/c1-18-11-19(5-9-32(18)37)20-3-8-24-26-15-29-25(16-30(26)35(45-43-2)28(24)13-20)23-7-4-21(12-27(23)34(29)44-17-42)22-6-10-33(38)31(14-22)36(39,40)41/h3-16H,1H3/b44-34+,45-35+. The zero-order valence-corrected chi connectivity index (χ0v) is 23.3. The van der Waals surface area contributed by atoms with Crippen LogP contribution in [-0.2, 0) is 6.18 Å². The average molecular weight is 601 g/mol. The molecule has 0 saturated carbocycles. The van der Waals surface area contributed by atoms with E-state index < -0.39 is 17.6 Å². The molecule has 0 heterocycles. The van der Waals surface area contributed by atoms with Crippen LogP contribution in [0.25, 0.3) is 70.3 Å². The number of halogens is 5. The molecular formula is C36H17F5N4. The van der Waals surface area contributed by atoms with E-state index in [1.807, 2.05) is 36.5 Å². The molecule has 7 rings (SSSR count). The van der Waals surface area contributed by atoms with Gasteiger partial charge in [0.25, 0.3) is 0 Å². The Morgan fingerprint density at radius 2 is 1.11 bits per heavy atom. The third-order valence-corrected chi connectivity index (χ3v) is 8.21. The first kappa shape index (κ1) is 27.9. The number of nitrogens with zero attached hydrogens (tertiary/aromatic N) is 4. The lowest BCUT2D eigenvalue weighted by Gasteiger charge is -2.10.